The largest absolute Gasteiger partial charge is 0.507 e. The molecule has 0 saturated carbocycles. The lowest BCUT2D eigenvalue weighted by Gasteiger charge is -2.00. The van der Waals surface area contributed by atoms with Crippen molar-refractivity contribution >= 4 is 17.0 Å². The lowest BCUT2D eigenvalue weighted by Crippen LogP contribution is -1.88. The minimum atomic E-state index is -0.491. The molecule has 0 atom stereocenters. The SMILES string of the molecule is O=[N+]([O-])c1ccc(O)c(-c2nc(-c3ccccc3)cs2)c1. The van der Waals surface area contributed by atoms with Crippen LogP contribution in [0.4, 0.5) is 5.69 Å². The van der Waals surface area contributed by atoms with Gasteiger partial charge in [-0.15, -0.1) is 11.3 Å². The normalized spacial score (nSPS) is 10.5. The number of non-ortho nitro benzene ring substituents is 1. The van der Waals surface area contributed by atoms with Crippen LogP contribution in [0.25, 0.3) is 21.8 Å². The maximum absolute atomic E-state index is 10.8. The molecule has 0 bridgehead atoms. The summed E-state index contributed by atoms with van der Waals surface area (Å²) in [5.74, 6) is -0.0189. The van der Waals surface area contributed by atoms with Gasteiger partial charge in [0.1, 0.15) is 10.8 Å². The molecule has 104 valence electrons. The maximum Gasteiger partial charge on any atom is 0.270 e. The Balaban J connectivity index is 2.04. The highest BCUT2D eigenvalue weighted by atomic mass is 32.1. The summed E-state index contributed by atoms with van der Waals surface area (Å²) < 4.78 is 0. The fourth-order valence-corrected chi connectivity index (χ4v) is 2.80. The lowest BCUT2D eigenvalue weighted by atomic mass is 10.1. The number of phenols is 1. The van der Waals surface area contributed by atoms with E-state index in [0.29, 0.717) is 10.6 Å². The zero-order chi connectivity index (χ0) is 14.8. The van der Waals surface area contributed by atoms with Gasteiger partial charge < -0.3 is 5.11 Å². The quantitative estimate of drug-likeness (QED) is 0.583. The number of benzene rings is 2. The van der Waals surface area contributed by atoms with E-state index >= 15 is 0 Å². The van der Waals surface area contributed by atoms with Crippen molar-refractivity contribution in [3.63, 3.8) is 0 Å². The fraction of sp³-hybridized carbons (Fsp3) is 0. The number of aromatic hydroxyl groups is 1. The van der Waals surface area contributed by atoms with E-state index in [1.165, 1.54) is 29.5 Å². The van der Waals surface area contributed by atoms with Gasteiger partial charge in [0.2, 0.25) is 0 Å². The van der Waals surface area contributed by atoms with E-state index in [-0.39, 0.29) is 11.4 Å². The Kier molecular flexibility index (Phi) is 3.37. The standard InChI is InChI=1S/C15H10N2O3S/c18-14-7-6-11(17(19)20)8-12(14)15-16-13(9-21-15)10-4-2-1-3-5-10/h1-9,18H. The zero-order valence-corrected chi connectivity index (χ0v) is 11.6. The average Bonchev–Trinajstić information content (AvgIpc) is 2.98. The zero-order valence-electron chi connectivity index (χ0n) is 10.8. The highest BCUT2D eigenvalue weighted by Crippen LogP contribution is 2.36. The number of nitrogens with zero attached hydrogens (tertiary/aromatic N) is 2. The molecule has 0 aliphatic rings. The van der Waals surface area contributed by atoms with Crippen LogP contribution in [0.5, 0.6) is 5.75 Å². The summed E-state index contributed by atoms with van der Waals surface area (Å²) in [5, 5.41) is 23.1. The van der Waals surface area contributed by atoms with Crippen LogP contribution >= 0.6 is 11.3 Å². The topological polar surface area (TPSA) is 76.3 Å². The highest BCUT2D eigenvalue weighted by Gasteiger charge is 2.15. The first kappa shape index (κ1) is 13.3. The Morgan fingerprint density at radius 3 is 2.62 bits per heavy atom. The van der Waals surface area contributed by atoms with Crippen molar-refractivity contribution in [1.29, 1.82) is 0 Å². The minimum Gasteiger partial charge on any atom is -0.507 e. The number of nitro benzene ring substituents is 1. The van der Waals surface area contributed by atoms with Gasteiger partial charge in [0, 0.05) is 23.1 Å². The van der Waals surface area contributed by atoms with E-state index in [1.807, 2.05) is 35.7 Å². The smallest absolute Gasteiger partial charge is 0.270 e. The minimum absolute atomic E-state index is 0.0189. The number of nitro groups is 1. The Morgan fingerprint density at radius 2 is 1.90 bits per heavy atom. The van der Waals surface area contributed by atoms with Gasteiger partial charge in [0.25, 0.3) is 5.69 Å². The highest BCUT2D eigenvalue weighted by molar-refractivity contribution is 7.13. The van der Waals surface area contributed by atoms with Gasteiger partial charge in [-0.1, -0.05) is 30.3 Å². The van der Waals surface area contributed by atoms with Crippen molar-refractivity contribution in [2.24, 2.45) is 0 Å². The van der Waals surface area contributed by atoms with Crippen LogP contribution in [0, 0.1) is 10.1 Å². The third kappa shape index (κ3) is 2.61. The van der Waals surface area contributed by atoms with Crippen molar-refractivity contribution in [1.82, 2.24) is 4.98 Å². The summed E-state index contributed by atoms with van der Waals surface area (Å²) in [5.41, 5.74) is 2.04. The molecule has 2 aromatic carbocycles. The van der Waals surface area contributed by atoms with Crippen LogP contribution in [0.1, 0.15) is 0 Å². The molecule has 5 nitrogen and oxygen atoms in total. The molecule has 3 rings (SSSR count). The average molecular weight is 298 g/mol. The molecule has 0 radical (unpaired) electrons. The van der Waals surface area contributed by atoms with Crippen molar-refractivity contribution < 1.29 is 10.0 Å². The predicted molar refractivity (Wildman–Crippen MR) is 81.3 cm³/mol. The molecule has 21 heavy (non-hydrogen) atoms. The van der Waals surface area contributed by atoms with Crippen LogP contribution in [-0.4, -0.2) is 15.0 Å². The van der Waals surface area contributed by atoms with Gasteiger partial charge in [-0.2, -0.15) is 0 Å². The predicted octanol–water partition coefficient (Wildman–Crippen LogP) is 4.09. The maximum atomic E-state index is 10.8. The van der Waals surface area contributed by atoms with Crippen LogP contribution in [0.15, 0.2) is 53.9 Å². The first-order valence-corrected chi connectivity index (χ1v) is 7.02. The van der Waals surface area contributed by atoms with E-state index in [4.69, 9.17) is 0 Å². The van der Waals surface area contributed by atoms with E-state index in [1.54, 1.807) is 0 Å². The first-order chi connectivity index (χ1) is 10.1. The summed E-state index contributed by atoms with van der Waals surface area (Å²) in [7, 11) is 0. The van der Waals surface area contributed by atoms with Gasteiger partial charge in [-0.3, -0.25) is 10.1 Å². The second-order valence-electron chi connectivity index (χ2n) is 4.36. The van der Waals surface area contributed by atoms with Crippen LogP contribution < -0.4 is 0 Å². The van der Waals surface area contributed by atoms with Gasteiger partial charge in [0.05, 0.1) is 16.2 Å². The molecule has 1 N–H and O–H groups in total. The Bertz CT molecular complexity index is 800. The molecule has 0 unspecified atom stereocenters. The van der Waals surface area contributed by atoms with Crippen LogP contribution in [0.2, 0.25) is 0 Å². The third-order valence-corrected chi connectivity index (χ3v) is 3.87. The van der Waals surface area contributed by atoms with Crippen molar-refractivity contribution in [2.45, 2.75) is 0 Å². The molecule has 0 spiro atoms. The molecule has 0 aliphatic heterocycles. The van der Waals surface area contributed by atoms with Crippen molar-refractivity contribution in [3.05, 3.63) is 64.0 Å². The van der Waals surface area contributed by atoms with Crippen molar-refractivity contribution in [3.8, 4) is 27.6 Å². The fourth-order valence-electron chi connectivity index (χ4n) is 1.95. The molecule has 0 fully saturated rings. The molecule has 0 saturated heterocycles. The second-order valence-corrected chi connectivity index (χ2v) is 5.22. The summed E-state index contributed by atoms with van der Waals surface area (Å²) in [6.07, 6.45) is 0. The second kappa shape index (κ2) is 5.34. The Labute approximate surface area is 124 Å². The van der Waals surface area contributed by atoms with Crippen LogP contribution in [0.3, 0.4) is 0 Å². The van der Waals surface area contributed by atoms with Gasteiger partial charge in [0.15, 0.2) is 0 Å². The van der Waals surface area contributed by atoms with Gasteiger partial charge in [-0.05, 0) is 6.07 Å². The molecular weight excluding hydrogens is 288 g/mol. The molecular formula is C15H10N2O3S. The number of aromatic nitrogens is 1. The number of hydrogen-bond acceptors (Lipinski definition) is 5. The first-order valence-electron chi connectivity index (χ1n) is 6.14. The summed E-state index contributed by atoms with van der Waals surface area (Å²) in [4.78, 5) is 14.8. The summed E-state index contributed by atoms with van der Waals surface area (Å²) in [6, 6.07) is 13.5. The number of hydrogen-bond donors (Lipinski definition) is 1. The van der Waals surface area contributed by atoms with E-state index in [2.05, 4.69) is 4.98 Å². The molecule has 1 aromatic heterocycles. The Morgan fingerprint density at radius 1 is 1.14 bits per heavy atom. The summed E-state index contributed by atoms with van der Waals surface area (Å²) in [6.45, 7) is 0. The lowest BCUT2D eigenvalue weighted by molar-refractivity contribution is -0.384. The molecule has 6 heteroatoms. The van der Waals surface area contributed by atoms with E-state index < -0.39 is 4.92 Å². The van der Waals surface area contributed by atoms with E-state index in [9.17, 15) is 15.2 Å². The molecule has 0 amide bonds. The molecule has 3 aromatic rings. The number of phenolic OH excluding ortho intramolecular Hbond substituents is 1. The van der Waals surface area contributed by atoms with Crippen LogP contribution in [-0.2, 0) is 0 Å². The molecule has 1 heterocycles. The molecule has 0 aliphatic carbocycles. The van der Waals surface area contributed by atoms with Gasteiger partial charge in [-0.25, -0.2) is 4.98 Å². The number of rotatable bonds is 3. The monoisotopic (exact) mass is 298 g/mol. The summed E-state index contributed by atoms with van der Waals surface area (Å²) >= 11 is 1.34. The third-order valence-electron chi connectivity index (χ3n) is 3.00. The number of thiazole rings is 1. The Hall–Kier alpha value is -2.73. The van der Waals surface area contributed by atoms with E-state index in [0.717, 1.165) is 11.3 Å². The van der Waals surface area contributed by atoms with Gasteiger partial charge >= 0.3 is 0 Å². The van der Waals surface area contributed by atoms with Crippen molar-refractivity contribution in [2.75, 3.05) is 0 Å².